The zero-order valence-corrected chi connectivity index (χ0v) is 8.62. The maximum Gasteiger partial charge on any atom is 0.142 e. The van der Waals surface area contributed by atoms with Gasteiger partial charge in [0.15, 0.2) is 0 Å². The molecule has 0 amide bonds. The standard InChI is InChI=1S/C5H10N2S3/c1-6-4(8)10-5(9)7(2)3/h1-3H3,(H,6,8). The summed E-state index contributed by atoms with van der Waals surface area (Å²) < 4.78 is 1.48. The first-order valence-electron chi connectivity index (χ1n) is 2.68. The molecule has 0 aliphatic rings. The van der Waals surface area contributed by atoms with E-state index in [1.807, 2.05) is 19.0 Å². The number of rotatable bonds is 0. The molecular formula is C5H10N2S3. The highest BCUT2D eigenvalue weighted by Crippen LogP contribution is 2.06. The Bertz CT molecular complexity index is 144. The van der Waals surface area contributed by atoms with Crippen LogP contribution in [0.5, 0.6) is 0 Å². The fraction of sp³-hybridized carbons (Fsp3) is 0.600. The molecule has 5 heteroatoms. The second-order valence-corrected chi connectivity index (χ2v) is 4.11. The van der Waals surface area contributed by atoms with Gasteiger partial charge in [0.1, 0.15) is 8.64 Å². The maximum absolute atomic E-state index is 4.98. The summed E-state index contributed by atoms with van der Waals surface area (Å²) in [6.45, 7) is 0. The number of hydrogen-bond acceptors (Lipinski definition) is 3. The minimum absolute atomic E-state index is 0.707. The molecule has 58 valence electrons. The van der Waals surface area contributed by atoms with E-state index in [0.717, 1.165) is 4.32 Å². The first kappa shape index (κ1) is 10.1. The van der Waals surface area contributed by atoms with Gasteiger partial charge < -0.3 is 10.2 Å². The molecule has 0 saturated heterocycles. The lowest BCUT2D eigenvalue weighted by Gasteiger charge is -2.12. The number of thiocarbonyl (C=S) groups is 2. The summed E-state index contributed by atoms with van der Waals surface area (Å²) in [6.07, 6.45) is 0. The summed E-state index contributed by atoms with van der Waals surface area (Å²) in [5, 5.41) is 2.83. The third-order valence-electron chi connectivity index (χ3n) is 0.749. The zero-order chi connectivity index (χ0) is 8.15. The van der Waals surface area contributed by atoms with Crippen molar-refractivity contribution in [3.8, 4) is 0 Å². The Morgan fingerprint density at radius 2 is 1.90 bits per heavy atom. The van der Waals surface area contributed by atoms with E-state index in [9.17, 15) is 0 Å². The summed E-state index contributed by atoms with van der Waals surface area (Å²) >= 11 is 11.3. The Labute approximate surface area is 76.3 Å². The van der Waals surface area contributed by atoms with E-state index < -0.39 is 0 Å². The highest BCUT2D eigenvalue weighted by Gasteiger charge is 2.01. The van der Waals surface area contributed by atoms with Crippen LogP contribution in [0, 0.1) is 0 Å². The predicted molar refractivity (Wildman–Crippen MR) is 55.5 cm³/mol. The molecule has 0 saturated carbocycles. The molecule has 0 heterocycles. The van der Waals surface area contributed by atoms with Gasteiger partial charge in [-0.15, -0.1) is 0 Å². The molecule has 0 spiro atoms. The van der Waals surface area contributed by atoms with Crippen LogP contribution in [-0.2, 0) is 0 Å². The molecule has 0 unspecified atom stereocenters. The second-order valence-electron chi connectivity index (χ2n) is 1.80. The largest absolute Gasteiger partial charge is 0.374 e. The van der Waals surface area contributed by atoms with Crippen LogP contribution in [0.3, 0.4) is 0 Å². The highest BCUT2D eigenvalue weighted by molar-refractivity contribution is 8.37. The fourth-order valence-electron chi connectivity index (χ4n) is 0.222. The van der Waals surface area contributed by atoms with Crippen LogP contribution in [-0.4, -0.2) is 34.7 Å². The average molecular weight is 194 g/mol. The van der Waals surface area contributed by atoms with Crippen molar-refractivity contribution in [2.24, 2.45) is 0 Å². The van der Waals surface area contributed by atoms with Crippen molar-refractivity contribution in [2.75, 3.05) is 21.1 Å². The van der Waals surface area contributed by atoms with Crippen LogP contribution >= 0.6 is 36.2 Å². The molecular weight excluding hydrogens is 184 g/mol. The molecule has 0 rings (SSSR count). The third kappa shape index (κ3) is 4.03. The lowest BCUT2D eigenvalue weighted by Crippen LogP contribution is -2.21. The molecule has 0 aromatic heterocycles. The Morgan fingerprint density at radius 3 is 2.20 bits per heavy atom. The molecule has 0 fully saturated rings. The topological polar surface area (TPSA) is 15.3 Å². The molecule has 0 atom stereocenters. The van der Waals surface area contributed by atoms with Crippen LogP contribution in [0.15, 0.2) is 0 Å². The van der Waals surface area contributed by atoms with E-state index in [1.165, 1.54) is 11.8 Å². The minimum atomic E-state index is 0.707. The van der Waals surface area contributed by atoms with E-state index in [2.05, 4.69) is 5.32 Å². The smallest absolute Gasteiger partial charge is 0.142 e. The van der Waals surface area contributed by atoms with Crippen molar-refractivity contribution >= 4 is 44.8 Å². The Morgan fingerprint density at radius 1 is 1.40 bits per heavy atom. The summed E-state index contributed by atoms with van der Waals surface area (Å²) in [5.41, 5.74) is 0. The summed E-state index contributed by atoms with van der Waals surface area (Å²) in [6, 6.07) is 0. The first-order valence-corrected chi connectivity index (χ1v) is 4.32. The van der Waals surface area contributed by atoms with Gasteiger partial charge in [0.05, 0.1) is 0 Å². The number of thioether (sulfide) groups is 1. The molecule has 0 aromatic carbocycles. The van der Waals surface area contributed by atoms with Crippen LogP contribution in [0.25, 0.3) is 0 Å². The molecule has 0 aliphatic heterocycles. The van der Waals surface area contributed by atoms with Gasteiger partial charge >= 0.3 is 0 Å². The molecule has 0 bridgehead atoms. The monoisotopic (exact) mass is 194 g/mol. The molecule has 1 N–H and O–H groups in total. The first-order chi connectivity index (χ1) is 4.57. The lowest BCUT2D eigenvalue weighted by atomic mass is 11.0. The molecule has 0 radical (unpaired) electrons. The Hall–Kier alpha value is 0.130. The zero-order valence-electron chi connectivity index (χ0n) is 6.17. The van der Waals surface area contributed by atoms with Gasteiger partial charge in [0.2, 0.25) is 0 Å². The maximum atomic E-state index is 4.98. The van der Waals surface area contributed by atoms with E-state index in [4.69, 9.17) is 24.4 Å². The minimum Gasteiger partial charge on any atom is -0.374 e. The van der Waals surface area contributed by atoms with Crippen LogP contribution in [0.2, 0.25) is 0 Å². The normalized spacial score (nSPS) is 8.70. The van der Waals surface area contributed by atoms with Crippen LogP contribution < -0.4 is 5.32 Å². The molecule has 2 nitrogen and oxygen atoms in total. The van der Waals surface area contributed by atoms with Crippen molar-refractivity contribution in [1.82, 2.24) is 10.2 Å². The Balaban J connectivity index is 3.69. The lowest BCUT2D eigenvalue weighted by molar-refractivity contribution is 0.648. The van der Waals surface area contributed by atoms with E-state index in [0.29, 0.717) is 4.32 Å². The van der Waals surface area contributed by atoms with E-state index in [1.54, 1.807) is 7.05 Å². The van der Waals surface area contributed by atoms with E-state index >= 15 is 0 Å². The van der Waals surface area contributed by atoms with Gasteiger partial charge in [0.25, 0.3) is 0 Å². The number of hydrogen-bond donors (Lipinski definition) is 1. The van der Waals surface area contributed by atoms with Gasteiger partial charge in [0, 0.05) is 21.1 Å². The van der Waals surface area contributed by atoms with Crippen molar-refractivity contribution in [3.63, 3.8) is 0 Å². The van der Waals surface area contributed by atoms with Crippen LogP contribution in [0.1, 0.15) is 0 Å². The van der Waals surface area contributed by atoms with Gasteiger partial charge in [-0.25, -0.2) is 0 Å². The van der Waals surface area contributed by atoms with Gasteiger partial charge in [-0.05, 0) is 11.8 Å². The van der Waals surface area contributed by atoms with Gasteiger partial charge in [-0.1, -0.05) is 24.4 Å². The molecule has 0 aliphatic carbocycles. The molecule has 10 heavy (non-hydrogen) atoms. The predicted octanol–water partition coefficient (Wildman–Crippen LogP) is 1.07. The van der Waals surface area contributed by atoms with Crippen molar-refractivity contribution < 1.29 is 0 Å². The Kier molecular flexibility index (Phi) is 4.93. The number of nitrogens with zero attached hydrogens (tertiary/aromatic N) is 1. The summed E-state index contributed by atoms with van der Waals surface area (Å²) in [5.74, 6) is 0. The van der Waals surface area contributed by atoms with Crippen molar-refractivity contribution in [2.45, 2.75) is 0 Å². The van der Waals surface area contributed by atoms with Crippen molar-refractivity contribution in [3.05, 3.63) is 0 Å². The van der Waals surface area contributed by atoms with Gasteiger partial charge in [-0.3, -0.25) is 0 Å². The average Bonchev–Trinajstić information content (AvgIpc) is 1.87. The SMILES string of the molecule is CNC(=S)SC(=S)N(C)C. The highest BCUT2D eigenvalue weighted by atomic mass is 32.2. The van der Waals surface area contributed by atoms with Gasteiger partial charge in [-0.2, -0.15) is 0 Å². The van der Waals surface area contributed by atoms with Crippen molar-refractivity contribution in [1.29, 1.82) is 0 Å². The number of nitrogens with one attached hydrogen (secondary N) is 1. The summed E-state index contributed by atoms with van der Waals surface area (Å²) in [7, 11) is 5.58. The van der Waals surface area contributed by atoms with E-state index in [-0.39, 0.29) is 0 Å². The third-order valence-corrected chi connectivity index (χ3v) is 2.75. The second kappa shape index (κ2) is 4.87. The fourth-order valence-corrected chi connectivity index (χ4v) is 1.31. The summed E-state index contributed by atoms with van der Waals surface area (Å²) in [4.78, 5) is 1.85. The quantitative estimate of drug-likeness (QED) is 0.579. The molecule has 0 aromatic rings. The van der Waals surface area contributed by atoms with Crippen LogP contribution in [0.4, 0.5) is 0 Å².